The van der Waals surface area contributed by atoms with Crippen LogP contribution in [0.4, 0.5) is 11.4 Å². The highest BCUT2D eigenvalue weighted by Crippen LogP contribution is 2.42. The molecule has 35 heavy (non-hydrogen) atoms. The van der Waals surface area contributed by atoms with Gasteiger partial charge in [-0.2, -0.15) is 0 Å². The van der Waals surface area contributed by atoms with Crippen LogP contribution in [-0.4, -0.2) is 17.7 Å². The van der Waals surface area contributed by atoms with E-state index in [1.807, 2.05) is 31.2 Å². The van der Waals surface area contributed by atoms with Crippen LogP contribution in [0.5, 0.6) is 11.5 Å². The number of amides is 3. The lowest BCUT2D eigenvalue weighted by molar-refractivity contribution is -0.122. The first-order chi connectivity index (χ1) is 16.9. The van der Waals surface area contributed by atoms with Crippen molar-refractivity contribution in [1.82, 2.24) is 0 Å². The second-order valence-electron chi connectivity index (χ2n) is 9.58. The molecule has 3 atom stereocenters. The molecule has 1 aliphatic carbocycles. The summed E-state index contributed by atoms with van der Waals surface area (Å²) in [5.74, 6) is 0.954. The van der Waals surface area contributed by atoms with Gasteiger partial charge in [0.15, 0.2) is 0 Å². The number of ether oxygens (including phenoxy) is 1. The smallest absolute Gasteiger partial charge is 0.255 e. The highest BCUT2D eigenvalue weighted by atomic mass is 16.5. The molecule has 0 spiro atoms. The van der Waals surface area contributed by atoms with Gasteiger partial charge in [0.05, 0.1) is 17.5 Å². The zero-order chi connectivity index (χ0) is 24.5. The number of fused-ring (bicyclic) bond motifs is 1. The minimum Gasteiger partial charge on any atom is -0.457 e. The average Bonchev–Trinajstić information content (AvgIpc) is 3.11. The Morgan fingerprint density at radius 3 is 2.09 bits per heavy atom. The number of hydrogen-bond acceptors (Lipinski definition) is 4. The van der Waals surface area contributed by atoms with Gasteiger partial charge in [-0.05, 0) is 92.8 Å². The van der Waals surface area contributed by atoms with Gasteiger partial charge in [-0.25, -0.2) is 0 Å². The van der Waals surface area contributed by atoms with E-state index in [-0.39, 0.29) is 29.6 Å². The predicted octanol–water partition coefficient (Wildman–Crippen LogP) is 5.97. The van der Waals surface area contributed by atoms with Gasteiger partial charge < -0.3 is 10.1 Å². The van der Waals surface area contributed by atoms with Gasteiger partial charge in [-0.15, -0.1) is 0 Å². The fraction of sp³-hybridized carbons (Fsp3) is 0.276. The van der Waals surface area contributed by atoms with Crippen LogP contribution in [-0.2, 0) is 9.59 Å². The van der Waals surface area contributed by atoms with E-state index in [1.54, 1.807) is 48.5 Å². The van der Waals surface area contributed by atoms with Gasteiger partial charge in [-0.1, -0.05) is 24.6 Å². The summed E-state index contributed by atoms with van der Waals surface area (Å²) in [5.41, 5.74) is 2.77. The van der Waals surface area contributed by atoms with Crippen LogP contribution >= 0.6 is 0 Å². The van der Waals surface area contributed by atoms with Crippen LogP contribution in [0.15, 0.2) is 72.8 Å². The monoisotopic (exact) mass is 468 g/mol. The van der Waals surface area contributed by atoms with Gasteiger partial charge >= 0.3 is 0 Å². The van der Waals surface area contributed by atoms with Gasteiger partial charge in [-0.3, -0.25) is 19.3 Å². The quantitative estimate of drug-likeness (QED) is 0.469. The molecule has 1 heterocycles. The van der Waals surface area contributed by atoms with Crippen molar-refractivity contribution in [3.63, 3.8) is 0 Å². The van der Waals surface area contributed by atoms with Crippen molar-refractivity contribution in [3.8, 4) is 11.5 Å². The topological polar surface area (TPSA) is 75.7 Å². The first-order valence-electron chi connectivity index (χ1n) is 12.0. The molecule has 0 aromatic heterocycles. The highest BCUT2D eigenvalue weighted by molar-refractivity contribution is 6.22. The van der Waals surface area contributed by atoms with Crippen LogP contribution in [0.3, 0.4) is 0 Å². The van der Waals surface area contributed by atoms with Gasteiger partial charge in [0.2, 0.25) is 11.8 Å². The fourth-order valence-electron chi connectivity index (χ4n) is 4.96. The number of nitrogens with one attached hydrogen (secondary N) is 1. The Morgan fingerprint density at radius 2 is 1.43 bits per heavy atom. The van der Waals surface area contributed by atoms with Crippen molar-refractivity contribution in [2.45, 2.75) is 33.1 Å². The normalized spacial score (nSPS) is 21.5. The third kappa shape index (κ3) is 4.69. The molecule has 3 amide bonds. The summed E-state index contributed by atoms with van der Waals surface area (Å²) in [6, 6.07) is 21.6. The van der Waals surface area contributed by atoms with Crippen molar-refractivity contribution < 1.29 is 19.1 Å². The van der Waals surface area contributed by atoms with E-state index in [0.29, 0.717) is 28.6 Å². The lowest BCUT2D eigenvalue weighted by Gasteiger charge is -2.25. The maximum absolute atomic E-state index is 12.9. The molecule has 1 saturated heterocycles. The Balaban J connectivity index is 1.23. The first-order valence-corrected chi connectivity index (χ1v) is 12.0. The summed E-state index contributed by atoms with van der Waals surface area (Å²) in [7, 11) is 0. The van der Waals surface area contributed by atoms with Crippen LogP contribution in [0.25, 0.3) is 0 Å². The molecule has 2 fully saturated rings. The summed E-state index contributed by atoms with van der Waals surface area (Å²) in [5, 5.41) is 2.87. The molecule has 3 aromatic rings. The number of anilines is 2. The van der Waals surface area contributed by atoms with Crippen molar-refractivity contribution >= 4 is 29.1 Å². The molecule has 178 valence electrons. The number of aryl methyl sites for hydroxylation is 1. The Hall–Kier alpha value is -3.93. The number of nitrogens with zero attached hydrogens (tertiary/aromatic N) is 1. The molecule has 5 rings (SSSR count). The maximum Gasteiger partial charge on any atom is 0.255 e. The second-order valence-corrected chi connectivity index (χ2v) is 9.58. The van der Waals surface area contributed by atoms with Crippen LogP contribution in [0, 0.1) is 24.7 Å². The Labute approximate surface area is 204 Å². The molecule has 6 nitrogen and oxygen atoms in total. The lowest BCUT2D eigenvalue weighted by Crippen LogP contribution is -2.30. The molecule has 6 heteroatoms. The lowest BCUT2D eigenvalue weighted by atomic mass is 9.76. The van der Waals surface area contributed by atoms with E-state index >= 15 is 0 Å². The van der Waals surface area contributed by atoms with Crippen molar-refractivity contribution in [2.24, 2.45) is 17.8 Å². The first kappa shape index (κ1) is 22.8. The van der Waals surface area contributed by atoms with Gasteiger partial charge in [0.1, 0.15) is 11.5 Å². The fourth-order valence-corrected chi connectivity index (χ4v) is 4.96. The van der Waals surface area contributed by atoms with Gasteiger partial charge in [0, 0.05) is 11.3 Å². The van der Waals surface area contributed by atoms with E-state index in [4.69, 9.17) is 4.74 Å². The third-order valence-electron chi connectivity index (χ3n) is 6.94. The molecule has 1 aliphatic heterocycles. The largest absolute Gasteiger partial charge is 0.457 e. The molecule has 0 radical (unpaired) electrons. The third-order valence-corrected chi connectivity index (χ3v) is 6.94. The van der Waals surface area contributed by atoms with Crippen LogP contribution in [0.1, 0.15) is 42.1 Å². The number of carbonyl (C=O) groups excluding carboxylic acids is 3. The second kappa shape index (κ2) is 9.37. The highest BCUT2D eigenvalue weighted by Gasteiger charge is 2.49. The van der Waals surface area contributed by atoms with E-state index < -0.39 is 0 Å². The minimum atomic E-state index is -0.273. The number of hydrogen-bond donors (Lipinski definition) is 1. The predicted molar refractivity (Wildman–Crippen MR) is 135 cm³/mol. The zero-order valence-electron chi connectivity index (χ0n) is 19.9. The number of rotatable bonds is 5. The van der Waals surface area contributed by atoms with E-state index in [0.717, 1.165) is 30.6 Å². The number of carbonyl (C=O) groups is 3. The molecule has 1 N–H and O–H groups in total. The van der Waals surface area contributed by atoms with Crippen molar-refractivity contribution in [3.05, 3.63) is 83.9 Å². The van der Waals surface area contributed by atoms with Crippen molar-refractivity contribution in [1.29, 1.82) is 0 Å². The zero-order valence-corrected chi connectivity index (χ0v) is 19.9. The summed E-state index contributed by atoms with van der Waals surface area (Å²) >= 11 is 0. The number of benzene rings is 3. The van der Waals surface area contributed by atoms with E-state index in [1.165, 1.54) is 4.90 Å². The molecular weight excluding hydrogens is 440 g/mol. The summed E-state index contributed by atoms with van der Waals surface area (Å²) in [6.07, 6.45) is 2.51. The molecule has 2 aliphatic rings. The molecule has 1 saturated carbocycles. The Kier molecular flexibility index (Phi) is 6.12. The number of imide groups is 1. The summed E-state index contributed by atoms with van der Waals surface area (Å²) in [6.45, 7) is 4.15. The SMILES string of the molecule is Cc1ccc(Oc2ccc(NC(=O)c3ccc(N4C(=O)[C@H]5C[C@H](C)CC[C@H]5C4=O)cc3)cc2)cc1. The molecule has 3 aromatic carbocycles. The summed E-state index contributed by atoms with van der Waals surface area (Å²) < 4.78 is 5.83. The summed E-state index contributed by atoms with van der Waals surface area (Å²) in [4.78, 5) is 39.9. The standard InChI is InChI=1S/C29H28N2O4/c1-18-3-12-23(13-4-18)35-24-14-8-21(9-15-24)30-27(32)20-6-10-22(11-7-20)31-28(33)25-16-5-19(2)17-26(25)29(31)34/h3-4,6-15,19,25-26H,5,16-17H2,1-2H3,(H,30,32)/t19-,25-,26+/m1/s1. The van der Waals surface area contributed by atoms with E-state index in [9.17, 15) is 14.4 Å². The average molecular weight is 469 g/mol. The Morgan fingerprint density at radius 1 is 0.829 bits per heavy atom. The Bertz CT molecular complexity index is 1250. The van der Waals surface area contributed by atoms with Crippen LogP contribution in [0.2, 0.25) is 0 Å². The molecule has 0 bridgehead atoms. The van der Waals surface area contributed by atoms with Crippen LogP contribution < -0.4 is 15.0 Å². The molecular formula is C29H28N2O4. The van der Waals surface area contributed by atoms with E-state index in [2.05, 4.69) is 12.2 Å². The van der Waals surface area contributed by atoms with Crippen molar-refractivity contribution in [2.75, 3.05) is 10.2 Å². The molecule has 0 unspecified atom stereocenters. The minimum absolute atomic E-state index is 0.114. The van der Waals surface area contributed by atoms with Gasteiger partial charge in [0.25, 0.3) is 5.91 Å². The maximum atomic E-state index is 12.9.